The molecule has 1 atom stereocenters. The lowest BCUT2D eigenvalue weighted by molar-refractivity contribution is -0.119. The van der Waals surface area contributed by atoms with Crippen LogP contribution in [0.15, 0.2) is 47.4 Å². The summed E-state index contributed by atoms with van der Waals surface area (Å²) in [7, 11) is -3.74. The third-order valence-corrected chi connectivity index (χ3v) is 7.43. The Morgan fingerprint density at radius 2 is 1.84 bits per heavy atom. The second-order valence-corrected chi connectivity index (χ2v) is 9.80. The molecule has 0 saturated heterocycles. The van der Waals surface area contributed by atoms with Gasteiger partial charge in [0.1, 0.15) is 0 Å². The molecule has 7 nitrogen and oxygen atoms in total. The molecular weight excluding hydrogens is 414 g/mol. The maximum Gasteiger partial charge on any atom is 0.240 e. The van der Waals surface area contributed by atoms with Crippen LogP contribution in [0.4, 0.5) is 11.4 Å². The van der Waals surface area contributed by atoms with Gasteiger partial charge in [0.2, 0.25) is 21.8 Å². The van der Waals surface area contributed by atoms with E-state index in [2.05, 4.69) is 4.72 Å². The van der Waals surface area contributed by atoms with E-state index in [1.54, 1.807) is 21.9 Å². The molecule has 0 bridgehead atoms. The van der Waals surface area contributed by atoms with Gasteiger partial charge in [-0.2, -0.15) is 0 Å². The highest BCUT2D eigenvalue weighted by atomic mass is 32.2. The number of sulfonamides is 1. The van der Waals surface area contributed by atoms with E-state index >= 15 is 0 Å². The lowest BCUT2D eigenvalue weighted by Gasteiger charge is -2.22. The van der Waals surface area contributed by atoms with Crippen LogP contribution in [-0.2, 0) is 32.5 Å². The van der Waals surface area contributed by atoms with Crippen LogP contribution >= 0.6 is 0 Å². The molecule has 2 amide bonds. The van der Waals surface area contributed by atoms with Gasteiger partial charge in [0.15, 0.2) is 0 Å². The zero-order valence-corrected chi connectivity index (χ0v) is 18.6. The Morgan fingerprint density at radius 3 is 2.61 bits per heavy atom. The van der Waals surface area contributed by atoms with E-state index in [0.29, 0.717) is 19.4 Å². The summed E-state index contributed by atoms with van der Waals surface area (Å²) in [6.07, 6.45) is 1.94. The average Bonchev–Trinajstić information content (AvgIpc) is 3.32. The molecule has 2 heterocycles. The molecule has 0 radical (unpaired) electrons. The standard InChI is InChI=1S/C23H27N3O4S/c1-3-22(27)25-13-11-18-15-19(8-9-20(18)25)31(29,30)24-12-10-23(28)26-16(2)14-17-6-4-5-7-21(17)26/h4-9,15-16,24H,3,10-14H2,1-2H3. The third kappa shape index (κ3) is 4.09. The highest BCUT2D eigenvalue weighted by molar-refractivity contribution is 7.89. The summed E-state index contributed by atoms with van der Waals surface area (Å²) in [5.74, 6) is -0.0634. The minimum Gasteiger partial charge on any atom is -0.312 e. The van der Waals surface area contributed by atoms with Crippen LogP contribution in [0.3, 0.4) is 0 Å². The van der Waals surface area contributed by atoms with Crippen LogP contribution in [0.25, 0.3) is 0 Å². The molecule has 1 N–H and O–H groups in total. The number of benzene rings is 2. The van der Waals surface area contributed by atoms with Gasteiger partial charge in [-0.1, -0.05) is 25.1 Å². The highest BCUT2D eigenvalue weighted by Gasteiger charge is 2.30. The van der Waals surface area contributed by atoms with Crippen molar-refractivity contribution >= 4 is 33.2 Å². The third-order valence-electron chi connectivity index (χ3n) is 5.97. The monoisotopic (exact) mass is 441 g/mol. The maximum absolute atomic E-state index is 12.8. The quantitative estimate of drug-likeness (QED) is 0.747. The van der Waals surface area contributed by atoms with Crippen molar-refractivity contribution in [2.45, 2.75) is 50.5 Å². The number of nitrogens with one attached hydrogen (secondary N) is 1. The molecule has 2 aromatic carbocycles. The lowest BCUT2D eigenvalue weighted by atomic mass is 10.1. The topological polar surface area (TPSA) is 86.8 Å². The summed E-state index contributed by atoms with van der Waals surface area (Å²) < 4.78 is 28.1. The van der Waals surface area contributed by atoms with Crippen molar-refractivity contribution in [1.29, 1.82) is 0 Å². The van der Waals surface area contributed by atoms with E-state index in [1.165, 1.54) is 6.07 Å². The average molecular weight is 442 g/mol. The Morgan fingerprint density at radius 1 is 1.06 bits per heavy atom. The largest absolute Gasteiger partial charge is 0.312 e. The van der Waals surface area contributed by atoms with Crippen molar-refractivity contribution in [3.63, 3.8) is 0 Å². The molecule has 8 heteroatoms. The molecule has 2 aliphatic heterocycles. The molecule has 0 aromatic heterocycles. The number of rotatable bonds is 6. The summed E-state index contributed by atoms with van der Waals surface area (Å²) in [6, 6.07) is 12.7. The minimum absolute atomic E-state index is 0.0312. The van der Waals surface area contributed by atoms with Crippen LogP contribution in [0.1, 0.15) is 37.8 Å². The summed E-state index contributed by atoms with van der Waals surface area (Å²) in [5.41, 5.74) is 3.68. The van der Waals surface area contributed by atoms with Crippen molar-refractivity contribution in [2.75, 3.05) is 22.9 Å². The molecule has 4 rings (SSSR count). The zero-order chi connectivity index (χ0) is 22.2. The van der Waals surface area contributed by atoms with Crippen molar-refractivity contribution in [3.05, 3.63) is 53.6 Å². The Kier molecular flexibility index (Phi) is 5.85. The molecule has 0 spiro atoms. The van der Waals surface area contributed by atoms with E-state index in [-0.39, 0.29) is 35.7 Å². The second-order valence-electron chi connectivity index (χ2n) is 8.03. The van der Waals surface area contributed by atoms with Gasteiger partial charge < -0.3 is 9.80 Å². The van der Waals surface area contributed by atoms with E-state index in [9.17, 15) is 18.0 Å². The van der Waals surface area contributed by atoms with Crippen molar-refractivity contribution in [3.8, 4) is 0 Å². The molecule has 0 fully saturated rings. The molecule has 2 aromatic rings. The molecule has 31 heavy (non-hydrogen) atoms. The fraction of sp³-hybridized carbons (Fsp3) is 0.391. The van der Waals surface area contributed by atoms with Gasteiger partial charge in [0.05, 0.1) is 4.90 Å². The van der Waals surface area contributed by atoms with E-state index in [4.69, 9.17) is 0 Å². The highest BCUT2D eigenvalue weighted by Crippen LogP contribution is 2.32. The number of carbonyl (C=O) groups is 2. The van der Waals surface area contributed by atoms with Gasteiger partial charge in [0.25, 0.3) is 0 Å². The van der Waals surface area contributed by atoms with Gasteiger partial charge in [-0.3, -0.25) is 9.59 Å². The summed E-state index contributed by atoms with van der Waals surface area (Å²) in [6.45, 7) is 4.41. The fourth-order valence-corrected chi connectivity index (χ4v) is 5.52. The predicted molar refractivity (Wildman–Crippen MR) is 120 cm³/mol. The number of amides is 2. The summed E-state index contributed by atoms with van der Waals surface area (Å²) in [5, 5.41) is 0. The Balaban J connectivity index is 1.40. The van der Waals surface area contributed by atoms with E-state index < -0.39 is 10.0 Å². The SMILES string of the molecule is CCC(=O)N1CCc2cc(S(=O)(=O)NCCC(=O)N3c4ccccc4CC3C)ccc21. The Labute approximate surface area is 183 Å². The predicted octanol–water partition coefficient (Wildman–Crippen LogP) is 2.63. The van der Waals surface area contributed by atoms with Crippen LogP contribution in [-0.4, -0.2) is 39.4 Å². The van der Waals surface area contributed by atoms with Crippen molar-refractivity contribution in [2.24, 2.45) is 0 Å². The first kappa shape index (κ1) is 21.5. The first-order valence-corrected chi connectivity index (χ1v) is 12.1. The summed E-state index contributed by atoms with van der Waals surface area (Å²) in [4.78, 5) is 28.4. The number of nitrogens with zero attached hydrogens (tertiary/aromatic N) is 2. The number of para-hydroxylation sites is 1. The Bertz CT molecular complexity index is 1130. The van der Waals surface area contributed by atoms with Gasteiger partial charge >= 0.3 is 0 Å². The summed E-state index contributed by atoms with van der Waals surface area (Å²) >= 11 is 0. The van der Waals surface area contributed by atoms with Crippen LogP contribution < -0.4 is 14.5 Å². The molecule has 1 unspecified atom stereocenters. The Hall–Kier alpha value is -2.71. The first-order valence-electron chi connectivity index (χ1n) is 10.6. The smallest absolute Gasteiger partial charge is 0.240 e. The number of hydrogen-bond donors (Lipinski definition) is 1. The zero-order valence-electron chi connectivity index (χ0n) is 17.8. The number of anilines is 2. The van der Waals surface area contributed by atoms with Gasteiger partial charge in [0, 0.05) is 43.3 Å². The number of hydrogen-bond acceptors (Lipinski definition) is 4. The fourth-order valence-electron chi connectivity index (χ4n) is 4.44. The first-order chi connectivity index (χ1) is 14.8. The van der Waals surface area contributed by atoms with Crippen molar-refractivity contribution in [1.82, 2.24) is 4.72 Å². The van der Waals surface area contributed by atoms with Gasteiger partial charge in [-0.05, 0) is 55.2 Å². The molecular formula is C23H27N3O4S. The maximum atomic E-state index is 12.8. The van der Waals surface area contributed by atoms with E-state index in [0.717, 1.165) is 28.9 Å². The molecule has 0 saturated carbocycles. The van der Waals surface area contributed by atoms with Crippen molar-refractivity contribution < 1.29 is 18.0 Å². The minimum atomic E-state index is -3.74. The van der Waals surface area contributed by atoms with E-state index in [1.807, 2.05) is 38.1 Å². The second kappa shape index (κ2) is 8.43. The molecule has 0 aliphatic carbocycles. The van der Waals surface area contributed by atoms with Crippen LogP contribution in [0.2, 0.25) is 0 Å². The normalized spacial score (nSPS) is 17.5. The van der Waals surface area contributed by atoms with Gasteiger partial charge in [-0.25, -0.2) is 13.1 Å². The molecule has 2 aliphatic rings. The number of carbonyl (C=O) groups excluding carboxylic acids is 2. The van der Waals surface area contributed by atoms with Gasteiger partial charge in [-0.15, -0.1) is 0 Å². The lowest BCUT2D eigenvalue weighted by Crippen LogP contribution is -2.38. The number of fused-ring (bicyclic) bond motifs is 2. The van der Waals surface area contributed by atoms with Crippen LogP contribution in [0.5, 0.6) is 0 Å². The molecule has 164 valence electrons. The van der Waals surface area contributed by atoms with Crippen LogP contribution in [0, 0.1) is 0 Å².